The summed E-state index contributed by atoms with van der Waals surface area (Å²) in [6, 6.07) is -0.701. The molecule has 0 aliphatic rings. The Morgan fingerprint density at radius 1 is 1.00 bits per heavy atom. The van der Waals surface area contributed by atoms with Crippen LogP contribution in [0.3, 0.4) is 0 Å². The number of carbonyl (C=O) groups is 2. The molecular formula is C15H30N2O4. The van der Waals surface area contributed by atoms with Gasteiger partial charge in [-0.2, -0.15) is 0 Å². The molecule has 0 aromatic heterocycles. The molecule has 0 aliphatic carbocycles. The summed E-state index contributed by atoms with van der Waals surface area (Å²) in [6.07, 6.45) is 0.633. The van der Waals surface area contributed by atoms with Crippen LogP contribution in [-0.4, -0.2) is 42.9 Å². The molecule has 6 heteroatoms. The van der Waals surface area contributed by atoms with Crippen LogP contribution in [0.4, 0.5) is 4.79 Å². The van der Waals surface area contributed by atoms with Gasteiger partial charge in [-0.1, -0.05) is 0 Å². The number of hydrogen-bond donors (Lipinski definition) is 2. The molecule has 0 saturated heterocycles. The second-order valence-corrected chi connectivity index (χ2v) is 6.98. The van der Waals surface area contributed by atoms with Crippen molar-refractivity contribution in [2.75, 3.05) is 13.6 Å². The molecule has 0 aliphatic heterocycles. The van der Waals surface area contributed by atoms with Crippen molar-refractivity contribution in [3.63, 3.8) is 0 Å². The second kappa shape index (κ2) is 8.22. The minimum atomic E-state index is -0.701. The van der Waals surface area contributed by atoms with E-state index in [2.05, 4.69) is 10.6 Å². The molecule has 0 fully saturated rings. The molecule has 1 amide bonds. The lowest BCUT2D eigenvalue weighted by Gasteiger charge is -2.26. The van der Waals surface area contributed by atoms with Gasteiger partial charge in [0.25, 0.3) is 0 Å². The molecule has 0 bridgehead atoms. The Morgan fingerprint density at radius 3 is 1.95 bits per heavy atom. The number of nitrogens with one attached hydrogen (secondary N) is 2. The van der Waals surface area contributed by atoms with Crippen molar-refractivity contribution in [2.45, 2.75) is 71.6 Å². The monoisotopic (exact) mass is 302 g/mol. The van der Waals surface area contributed by atoms with Crippen molar-refractivity contribution in [3.8, 4) is 0 Å². The Balaban J connectivity index is 4.65. The Hall–Kier alpha value is -1.30. The third-order valence-electron chi connectivity index (χ3n) is 2.30. The summed E-state index contributed by atoms with van der Waals surface area (Å²) in [5.74, 6) is -0.440. The molecule has 1 atom stereocenters. The third kappa shape index (κ3) is 11.1. The zero-order valence-electron chi connectivity index (χ0n) is 14.3. The number of hydrogen-bond acceptors (Lipinski definition) is 5. The summed E-state index contributed by atoms with van der Waals surface area (Å²) in [5, 5.41) is 5.60. The SMILES string of the molecule is CNCCC[C@H](NC(=O)OC(C)(C)C)C(=O)OC(C)(C)C. The highest BCUT2D eigenvalue weighted by atomic mass is 16.6. The van der Waals surface area contributed by atoms with E-state index in [1.807, 2.05) is 7.05 Å². The molecule has 0 radical (unpaired) electrons. The predicted molar refractivity (Wildman–Crippen MR) is 82.2 cm³/mol. The van der Waals surface area contributed by atoms with Gasteiger partial charge in [-0.05, 0) is 68.0 Å². The van der Waals surface area contributed by atoms with E-state index in [4.69, 9.17) is 9.47 Å². The second-order valence-electron chi connectivity index (χ2n) is 6.98. The van der Waals surface area contributed by atoms with Gasteiger partial charge in [0.1, 0.15) is 17.2 Å². The number of alkyl carbamates (subject to hydrolysis) is 1. The molecule has 0 spiro atoms. The van der Waals surface area contributed by atoms with E-state index >= 15 is 0 Å². The lowest BCUT2D eigenvalue weighted by Crippen LogP contribution is -2.46. The Morgan fingerprint density at radius 2 is 1.52 bits per heavy atom. The quantitative estimate of drug-likeness (QED) is 0.581. The van der Waals surface area contributed by atoms with Crippen LogP contribution in [0.1, 0.15) is 54.4 Å². The van der Waals surface area contributed by atoms with Gasteiger partial charge in [-0.25, -0.2) is 9.59 Å². The van der Waals surface area contributed by atoms with Crippen molar-refractivity contribution in [1.82, 2.24) is 10.6 Å². The largest absolute Gasteiger partial charge is 0.458 e. The van der Waals surface area contributed by atoms with Crippen LogP contribution in [0.2, 0.25) is 0 Å². The van der Waals surface area contributed by atoms with Gasteiger partial charge >= 0.3 is 12.1 Å². The van der Waals surface area contributed by atoms with Crippen LogP contribution in [0.15, 0.2) is 0 Å². The smallest absolute Gasteiger partial charge is 0.408 e. The highest BCUT2D eigenvalue weighted by molar-refractivity contribution is 5.81. The molecule has 0 aromatic carbocycles. The number of ether oxygens (including phenoxy) is 2. The van der Waals surface area contributed by atoms with E-state index in [9.17, 15) is 9.59 Å². The van der Waals surface area contributed by atoms with E-state index in [-0.39, 0.29) is 0 Å². The molecule has 0 saturated carbocycles. The predicted octanol–water partition coefficient (Wildman–Crippen LogP) is 2.22. The third-order valence-corrected chi connectivity index (χ3v) is 2.30. The first-order chi connectivity index (χ1) is 9.44. The molecular weight excluding hydrogens is 272 g/mol. The Labute approximate surface area is 127 Å². The van der Waals surface area contributed by atoms with Gasteiger partial charge in [0.15, 0.2) is 0 Å². The molecule has 21 heavy (non-hydrogen) atoms. The standard InChI is InChI=1S/C15H30N2O4/c1-14(2,3)20-12(18)11(9-8-10-16-7)17-13(19)21-15(4,5)6/h11,16H,8-10H2,1-7H3,(H,17,19)/t11-/m0/s1. The van der Waals surface area contributed by atoms with E-state index in [1.54, 1.807) is 41.5 Å². The van der Waals surface area contributed by atoms with E-state index in [1.165, 1.54) is 0 Å². The first kappa shape index (κ1) is 19.7. The zero-order valence-corrected chi connectivity index (χ0v) is 14.3. The summed E-state index contributed by atoms with van der Waals surface area (Å²) < 4.78 is 10.5. The molecule has 0 aromatic rings. The van der Waals surface area contributed by atoms with Crippen LogP contribution >= 0.6 is 0 Å². The van der Waals surface area contributed by atoms with Crippen LogP contribution in [0.25, 0.3) is 0 Å². The van der Waals surface area contributed by atoms with Gasteiger partial charge in [0.05, 0.1) is 0 Å². The maximum atomic E-state index is 12.1. The molecule has 2 N–H and O–H groups in total. The number of carbonyl (C=O) groups excluding carboxylic acids is 2. The van der Waals surface area contributed by atoms with Crippen molar-refractivity contribution in [3.05, 3.63) is 0 Å². The van der Waals surface area contributed by atoms with Crippen molar-refractivity contribution in [1.29, 1.82) is 0 Å². The minimum Gasteiger partial charge on any atom is -0.458 e. The van der Waals surface area contributed by atoms with E-state index in [0.29, 0.717) is 6.42 Å². The fraction of sp³-hybridized carbons (Fsp3) is 0.867. The Bertz CT molecular complexity index is 343. The highest BCUT2D eigenvalue weighted by Crippen LogP contribution is 2.12. The highest BCUT2D eigenvalue weighted by Gasteiger charge is 2.28. The average Bonchev–Trinajstić information content (AvgIpc) is 2.22. The van der Waals surface area contributed by atoms with Gasteiger partial charge in [-0.15, -0.1) is 0 Å². The molecule has 0 rings (SSSR count). The molecule has 124 valence electrons. The minimum absolute atomic E-state index is 0.440. The first-order valence-corrected chi connectivity index (χ1v) is 7.31. The summed E-state index contributed by atoms with van der Waals surface area (Å²) in [7, 11) is 1.84. The lowest BCUT2D eigenvalue weighted by molar-refractivity contribution is -0.157. The van der Waals surface area contributed by atoms with Crippen LogP contribution in [0.5, 0.6) is 0 Å². The number of esters is 1. The maximum Gasteiger partial charge on any atom is 0.408 e. The van der Waals surface area contributed by atoms with Crippen LogP contribution in [0, 0.1) is 0 Å². The zero-order chi connectivity index (χ0) is 16.7. The normalized spacial score (nSPS) is 13.5. The first-order valence-electron chi connectivity index (χ1n) is 7.31. The van der Waals surface area contributed by atoms with Gasteiger partial charge < -0.3 is 20.1 Å². The lowest BCUT2D eigenvalue weighted by atomic mass is 10.1. The molecule has 0 heterocycles. The average molecular weight is 302 g/mol. The van der Waals surface area contributed by atoms with E-state index < -0.39 is 29.3 Å². The van der Waals surface area contributed by atoms with E-state index in [0.717, 1.165) is 13.0 Å². The summed E-state index contributed by atoms with van der Waals surface area (Å²) in [4.78, 5) is 24.0. The van der Waals surface area contributed by atoms with Gasteiger partial charge in [-0.3, -0.25) is 0 Å². The number of amides is 1. The van der Waals surface area contributed by atoms with Gasteiger partial charge in [0.2, 0.25) is 0 Å². The van der Waals surface area contributed by atoms with Crippen molar-refractivity contribution >= 4 is 12.1 Å². The molecule has 6 nitrogen and oxygen atoms in total. The fourth-order valence-corrected chi connectivity index (χ4v) is 1.55. The van der Waals surface area contributed by atoms with Crippen LogP contribution in [-0.2, 0) is 14.3 Å². The molecule has 0 unspecified atom stereocenters. The maximum absolute atomic E-state index is 12.1. The van der Waals surface area contributed by atoms with Crippen molar-refractivity contribution in [2.24, 2.45) is 0 Å². The summed E-state index contributed by atoms with van der Waals surface area (Å²) in [5.41, 5.74) is -1.19. The van der Waals surface area contributed by atoms with Gasteiger partial charge in [0, 0.05) is 0 Å². The Kier molecular flexibility index (Phi) is 7.71. The van der Waals surface area contributed by atoms with Crippen LogP contribution < -0.4 is 10.6 Å². The summed E-state index contributed by atoms with van der Waals surface area (Å²) in [6.45, 7) is 11.5. The topological polar surface area (TPSA) is 76.7 Å². The van der Waals surface area contributed by atoms with Crippen molar-refractivity contribution < 1.29 is 19.1 Å². The fourth-order valence-electron chi connectivity index (χ4n) is 1.55. The summed E-state index contributed by atoms with van der Waals surface area (Å²) >= 11 is 0. The number of rotatable bonds is 6.